The van der Waals surface area contributed by atoms with Crippen LogP contribution in [0.5, 0.6) is 0 Å². The van der Waals surface area contributed by atoms with Crippen LogP contribution in [-0.2, 0) is 4.79 Å². The molecule has 4 aromatic rings. The SMILES string of the molecule is CC[C@@H](C(=O)Nc1ccc2nc(NC(=O)c3ccccc3)sc2c1)c1ccccc1. The van der Waals surface area contributed by atoms with Crippen LogP contribution in [0, 0.1) is 0 Å². The Kier molecular flexibility index (Phi) is 5.86. The number of hydrogen-bond donors (Lipinski definition) is 2. The summed E-state index contributed by atoms with van der Waals surface area (Å²) >= 11 is 1.38. The molecule has 0 saturated heterocycles. The molecule has 0 radical (unpaired) electrons. The third-order valence-corrected chi connectivity index (χ3v) is 5.77. The number of thiazole rings is 1. The minimum Gasteiger partial charge on any atom is -0.326 e. The van der Waals surface area contributed by atoms with Crippen molar-refractivity contribution in [2.75, 3.05) is 10.6 Å². The highest BCUT2D eigenvalue weighted by molar-refractivity contribution is 7.22. The Morgan fingerprint density at radius 1 is 0.933 bits per heavy atom. The van der Waals surface area contributed by atoms with E-state index in [4.69, 9.17) is 0 Å². The number of anilines is 2. The van der Waals surface area contributed by atoms with E-state index in [1.165, 1.54) is 11.3 Å². The van der Waals surface area contributed by atoms with Gasteiger partial charge in [-0.2, -0.15) is 0 Å². The molecule has 0 spiro atoms. The quantitative estimate of drug-likeness (QED) is 0.425. The molecule has 6 heteroatoms. The van der Waals surface area contributed by atoms with Gasteiger partial charge in [-0.3, -0.25) is 14.9 Å². The predicted molar refractivity (Wildman–Crippen MR) is 122 cm³/mol. The lowest BCUT2D eigenvalue weighted by atomic mass is 9.95. The van der Waals surface area contributed by atoms with Crippen molar-refractivity contribution in [1.82, 2.24) is 4.98 Å². The second kappa shape index (κ2) is 8.88. The van der Waals surface area contributed by atoms with Gasteiger partial charge in [-0.25, -0.2) is 4.98 Å². The molecule has 2 N–H and O–H groups in total. The van der Waals surface area contributed by atoms with Gasteiger partial charge in [0, 0.05) is 11.3 Å². The van der Waals surface area contributed by atoms with Gasteiger partial charge in [-0.15, -0.1) is 0 Å². The largest absolute Gasteiger partial charge is 0.326 e. The van der Waals surface area contributed by atoms with Crippen molar-refractivity contribution < 1.29 is 9.59 Å². The Hall–Kier alpha value is -3.51. The van der Waals surface area contributed by atoms with Crippen molar-refractivity contribution in [3.63, 3.8) is 0 Å². The number of benzene rings is 3. The van der Waals surface area contributed by atoms with Gasteiger partial charge in [0.1, 0.15) is 0 Å². The smallest absolute Gasteiger partial charge is 0.257 e. The molecule has 1 aromatic heterocycles. The zero-order valence-corrected chi connectivity index (χ0v) is 17.3. The summed E-state index contributed by atoms with van der Waals surface area (Å²) in [5.41, 5.74) is 3.07. The Morgan fingerprint density at radius 2 is 1.63 bits per heavy atom. The molecule has 5 nitrogen and oxygen atoms in total. The maximum atomic E-state index is 12.8. The average molecular weight is 416 g/mol. The number of nitrogens with one attached hydrogen (secondary N) is 2. The summed E-state index contributed by atoms with van der Waals surface area (Å²) in [6, 6.07) is 24.4. The monoisotopic (exact) mass is 415 g/mol. The van der Waals surface area contributed by atoms with Crippen LogP contribution < -0.4 is 10.6 Å². The first-order chi connectivity index (χ1) is 14.6. The Labute approximate surface area is 178 Å². The fraction of sp³-hybridized carbons (Fsp3) is 0.125. The number of rotatable bonds is 6. The number of carbonyl (C=O) groups is 2. The molecule has 1 heterocycles. The Bertz CT molecular complexity index is 1170. The van der Waals surface area contributed by atoms with Gasteiger partial charge in [0.15, 0.2) is 5.13 Å². The molecule has 30 heavy (non-hydrogen) atoms. The van der Waals surface area contributed by atoms with Gasteiger partial charge in [0.25, 0.3) is 5.91 Å². The summed E-state index contributed by atoms with van der Waals surface area (Å²) in [6.07, 6.45) is 0.717. The number of nitrogens with zero attached hydrogens (tertiary/aromatic N) is 1. The molecule has 3 aromatic carbocycles. The topological polar surface area (TPSA) is 71.1 Å². The van der Waals surface area contributed by atoms with E-state index in [0.717, 1.165) is 15.8 Å². The molecular weight excluding hydrogens is 394 g/mol. The lowest BCUT2D eigenvalue weighted by Crippen LogP contribution is -2.20. The second-order valence-corrected chi connectivity index (χ2v) is 7.91. The molecule has 1 atom stereocenters. The van der Waals surface area contributed by atoms with Gasteiger partial charge in [0.2, 0.25) is 5.91 Å². The van der Waals surface area contributed by atoms with Gasteiger partial charge in [-0.1, -0.05) is 66.8 Å². The average Bonchev–Trinajstić information content (AvgIpc) is 3.17. The minimum atomic E-state index is -0.205. The van der Waals surface area contributed by atoms with E-state index in [9.17, 15) is 9.59 Å². The molecule has 0 aliphatic carbocycles. The standard InChI is InChI=1S/C24H21N3O2S/c1-2-19(16-9-5-3-6-10-16)23(29)25-18-13-14-20-21(15-18)30-24(26-20)27-22(28)17-11-7-4-8-12-17/h3-15,19H,2H2,1H3,(H,25,29)(H,26,27,28)/t19-/m1/s1. The first-order valence-corrected chi connectivity index (χ1v) is 10.6. The molecule has 0 unspecified atom stereocenters. The van der Waals surface area contributed by atoms with Crippen LogP contribution in [0.1, 0.15) is 35.2 Å². The van der Waals surface area contributed by atoms with Crippen LogP contribution in [0.25, 0.3) is 10.2 Å². The van der Waals surface area contributed by atoms with Crippen molar-refractivity contribution in [1.29, 1.82) is 0 Å². The Morgan fingerprint density at radius 3 is 2.33 bits per heavy atom. The molecule has 0 saturated carbocycles. The highest BCUT2D eigenvalue weighted by Gasteiger charge is 2.19. The van der Waals surface area contributed by atoms with Crippen molar-refractivity contribution in [2.24, 2.45) is 0 Å². The number of amides is 2. The third kappa shape index (κ3) is 4.39. The lowest BCUT2D eigenvalue weighted by Gasteiger charge is -2.15. The maximum Gasteiger partial charge on any atom is 0.257 e. The molecule has 0 fully saturated rings. The van der Waals surface area contributed by atoms with Gasteiger partial charge < -0.3 is 5.32 Å². The molecule has 0 aliphatic rings. The molecule has 2 amide bonds. The zero-order chi connectivity index (χ0) is 20.9. The van der Waals surface area contributed by atoms with Gasteiger partial charge >= 0.3 is 0 Å². The fourth-order valence-electron chi connectivity index (χ4n) is 3.30. The number of hydrogen-bond acceptors (Lipinski definition) is 4. The molecule has 0 aliphatic heterocycles. The zero-order valence-electron chi connectivity index (χ0n) is 16.5. The number of aromatic nitrogens is 1. The first-order valence-electron chi connectivity index (χ1n) is 9.77. The van der Waals surface area contributed by atoms with E-state index >= 15 is 0 Å². The first kappa shape index (κ1) is 19.8. The van der Waals surface area contributed by atoms with Crippen LogP contribution >= 0.6 is 11.3 Å². The number of fused-ring (bicyclic) bond motifs is 1. The second-order valence-electron chi connectivity index (χ2n) is 6.88. The van der Waals surface area contributed by atoms with Gasteiger partial charge in [-0.05, 0) is 42.3 Å². The van der Waals surface area contributed by atoms with Crippen molar-refractivity contribution in [3.8, 4) is 0 Å². The summed E-state index contributed by atoms with van der Waals surface area (Å²) in [7, 11) is 0. The predicted octanol–water partition coefficient (Wildman–Crippen LogP) is 5.68. The van der Waals surface area contributed by atoms with Crippen LogP contribution in [0.4, 0.5) is 10.8 Å². The fourth-order valence-corrected chi connectivity index (χ4v) is 4.20. The van der Waals surface area contributed by atoms with E-state index in [1.54, 1.807) is 12.1 Å². The summed E-state index contributed by atoms with van der Waals surface area (Å²) in [6.45, 7) is 2.01. The van der Waals surface area contributed by atoms with Crippen LogP contribution in [-0.4, -0.2) is 16.8 Å². The Balaban J connectivity index is 1.49. The van der Waals surface area contributed by atoms with Crippen molar-refractivity contribution in [2.45, 2.75) is 19.3 Å². The normalized spacial score (nSPS) is 11.8. The summed E-state index contributed by atoms with van der Waals surface area (Å²) in [5.74, 6) is -0.439. The van der Waals surface area contributed by atoms with Crippen LogP contribution in [0.2, 0.25) is 0 Å². The van der Waals surface area contributed by atoms with E-state index in [2.05, 4.69) is 15.6 Å². The summed E-state index contributed by atoms with van der Waals surface area (Å²) in [5, 5.41) is 6.38. The third-order valence-electron chi connectivity index (χ3n) is 4.84. The van der Waals surface area contributed by atoms with Crippen molar-refractivity contribution >= 4 is 44.2 Å². The maximum absolute atomic E-state index is 12.8. The van der Waals surface area contributed by atoms with Crippen LogP contribution in [0.3, 0.4) is 0 Å². The highest BCUT2D eigenvalue weighted by Crippen LogP contribution is 2.29. The van der Waals surface area contributed by atoms with E-state index in [1.807, 2.05) is 73.7 Å². The molecule has 150 valence electrons. The minimum absolute atomic E-state index is 0.0369. The molecule has 0 bridgehead atoms. The lowest BCUT2D eigenvalue weighted by molar-refractivity contribution is -0.117. The molecular formula is C24H21N3O2S. The molecule has 4 rings (SSSR count). The van der Waals surface area contributed by atoms with E-state index in [-0.39, 0.29) is 17.7 Å². The summed E-state index contributed by atoms with van der Waals surface area (Å²) < 4.78 is 0.893. The number of carbonyl (C=O) groups excluding carboxylic acids is 2. The van der Waals surface area contributed by atoms with Crippen molar-refractivity contribution in [3.05, 3.63) is 90.0 Å². The highest BCUT2D eigenvalue weighted by atomic mass is 32.1. The van der Waals surface area contributed by atoms with Crippen LogP contribution in [0.15, 0.2) is 78.9 Å². The van der Waals surface area contributed by atoms with Gasteiger partial charge in [0.05, 0.1) is 16.1 Å². The summed E-state index contributed by atoms with van der Waals surface area (Å²) in [4.78, 5) is 29.6. The van der Waals surface area contributed by atoms with E-state index in [0.29, 0.717) is 22.8 Å². The van der Waals surface area contributed by atoms with E-state index < -0.39 is 0 Å².